The van der Waals surface area contributed by atoms with Gasteiger partial charge in [0, 0.05) is 12.7 Å². The van der Waals surface area contributed by atoms with Crippen molar-refractivity contribution in [1.82, 2.24) is 10.3 Å². The Morgan fingerprint density at radius 1 is 1.42 bits per heavy atom. The Balaban J connectivity index is 2.64. The summed E-state index contributed by atoms with van der Waals surface area (Å²) in [5.41, 5.74) is -0.965. The van der Waals surface area contributed by atoms with Gasteiger partial charge in [-0.1, -0.05) is 26.7 Å². The van der Waals surface area contributed by atoms with Gasteiger partial charge in [-0.3, -0.25) is 9.78 Å². The summed E-state index contributed by atoms with van der Waals surface area (Å²) in [5.74, 6) is -1.18. The zero-order valence-corrected chi connectivity index (χ0v) is 11.4. The van der Waals surface area contributed by atoms with Crippen molar-refractivity contribution in [2.75, 3.05) is 6.54 Å². The van der Waals surface area contributed by atoms with Gasteiger partial charge in [0.25, 0.3) is 5.91 Å². The molecule has 1 heterocycles. The number of aromatic nitrogens is 1. The maximum Gasteiger partial charge on any atom is 0.254 e. The van der Waals surface area contributed by atoms with E-state index in [0.717, 1.165) is 19.0 Å². The van der Waals surface area contributed by atoms with Gasteiger partial charge in [0.15, 0.2) is 5.82 Å². The maximum absolute atomic E-state index is 13.4. The van der Waals surface area contributed by atoms with Gasteiger partial charge in [0.05, 0.1) is 17.4 Å². The first kappa shape index (κ1) is 15.6. The van der Waals surface area contributed by atoms with Gasteiger partial charge in [-0.15, -0.1) is 0 Å². The van der Waals surface area contributed by atoms with Crippen molar-refractivity contribution in [1.29, 1.82) is 0 Å². The minimum absolute atomic E-state index is 0.0506. The zero-order valence-electron chi connectivity index (χ0n) is 11.4. The van der Waals surface area contributed by atoms with E-state index in [4.69, 9.17) is 0 Å². The Labute approximate surface area is 113 Å². The standard InChI is InChI=1S/C14H21FN2O2/c1-3-6-14(19,7-4-2)10-17-13(18)11-5-8-16-9-12(11)15/h5,8-9,19H,3-4,6-7,10H2,1-2H3,(H,17,18). The lowest BCUT2D eigenvalue weighted by molar-refractivity contribution is 0.0212. The van der Waals surface area contributed by atoms with Gasteiger partial charge in [-0.05, 0) is 18.9 Å². The van der Waals surface area contributed by atoms with Gasteiger partial charge < -0.3 is 10.4 Å². The number of halogens is 1. The molecule has 0 saturated heterocycles. The van der Waals surface area contributed by atoms with Crippen LogP contribution in [0.2, 0.25) is 0 Å². The lowest BCUT2D eigenvalue weighted by Crippen LogP contribution is -2.43. The zero-order chi connectivity index (χ0) is 14.3. The van der Waals surface area contributed by atoms with Crippen LogP contribution in [0, 0.1) is 5.82 Å². The number of amides is 1. The van der Waals surface area contributed by atoms with Crippen LogP contribution in [0.25, 0.3) is 0 Å². The molecule has 106 valence electrons. The molecule has 5 heteroatoms. The van der Waals surface area contributed by atoms with Crippen molar-refractivity contribution in [3.63, 3.8) is 0 Å². The van der Waals surface area contributed by atoms with E-state index in [2.05, 4.69) is 10.3 Å². The Kier molecular flexibility index (Phi) is 5.89. The minimum Gasteiger partial charge on any atom is -0.388 e. The average molecular weight is 268 g/mol. The first-order chi connectivity index (χ1) is 9.02. The van der Waals surface area contributed by atoms with Crippen molar-refractivity contribution < 1.29 is 14.3 Å². The topological polar surface area (TPSA) is 62.2 Å². The Bertz CT molecular complexity index is 418. The highest BCUT2D eigenvalue weighted by molar-refractivity contribution is 5.94. The van der Waals surface area contributed by atoms with E-state index in [-0.39, 0.29) is 12.1 Å². The van der Waals surface area contributed by atoms with E-state index in [1.807, 2.05) is 13.8 Å². The van der Waals surface area contributed by atoms with Crippen LogP contribution in [0.5, 0.6) is 0 Å². The Morgan fingerprint density at radius 2 is 2.05 bits per heavy atom. The number of nitrogens with zero attached hydrogens (tertiary/aromatic N) is 1. The SMILES string of the molecule is CCCC(O)(CCC)CNC(=O)c1ccncc1F. The molecular weight excluding hydrogens is 247 g/mol. The van der Waals surface area contributed by atoms with Crippen LogP contribution < -0.4 is 5.32 Å². The van der Waals surface area contributed by atoms with E-state index in [0.29, 0.717) is 12.8 Å². The number of carbonyl (C=O) groups excluding carboxylic acids is 1. The van der Waals surface area contributed by atoms with Crippen molar-refractivity contribution in [3.8, 4) is 0 Å². The summed E-state index contributed by atoms with van der Waals surface area (Å²) in [4.78, 5) is 15.4. The van der Waals surface area contributed by atoms with E-state index in [1.165, 1.54) is 12.3 Å². The second-order valence-corrected chi connectivity index (χ2v) is 4.76. The number of aliphatic hydroxyl groups is 1. The molecule has 0 aliphatic heterocycles. The minimum atomic E-state index is -0.914. The summed E-state index contributed by atoms with van der Waals surface area (Å²) < 4.78 is 13.4. The third kappa shape index (κ3) is 4.59. The number of carbonyl (C=O) groups is 1. The highest BCUT2D eigenvalue weighted by atomic mass is 19.1. The molecule has 0 aliphatic carbocycles. The molecule has 19 heavy (non-hydrogen) atoms. The van der Waals surface area contributed by atoms with Crippen molar-refractivity contribution in [2.45, 2.75) is 45.1 Å². The molecule has 1 aromatic heterocycles. The molecule has 0 aliphatic rings. The van der Waals surface area contributed by atoms with Crippen molar-refractivity contribution in [2.24, 2.45) is 0 Å². The molecule has 1 rings (SSSR count). The highest BCUT2D eigenvalue weighted by Gasteiger charge is 2.26. The highest BCUT2D eigenvalue weighted by Crippen LogP contribution is 2.18. The van der Waals surface area contributed by atoms with Crippen molar-refractivity contribution >= 4 is 5.91 Å². The summed E-state index contributed by atoms with van der Waals surface area (Å²) in [6.07, 6.45) is 5.24. The molecule has 2 N–H and O–H groups in total. The molecule has 1 amide bonds. The predicted octanol–water partition coefficient (Wildman–Crippen LogP) is 2.28. The average Bonchev–Trinajstić information content (AvgIpc) is 2.37. The molecule has 0 radical (unpaired) electrons. The van der Waals surface area contributed by atoms with Crippen molar-refractivity contribution in [3.05, 3.63) is 29.8 Å². The van der Waals surface area contributed by atoms with Crippen LogP contribution in [0.15, 0.2) is 18.5 Å². The number of hydrogen-bond acceptors (Lipinski definition) is 3. The Morgan fingerprint density at radius 3 is 2.58 bits per heavy atom. The summed E-state index contributed by atoms with van der Waals surface area (Å²) in [6, 6.07) is 1.32. The number of pyridine rings is 1. The van der Waals surface area contributed by atoms with Crippen LogP contribution in [-0.4, -0.2) is 28.1 Å². The van der Waals surface area contributed by atoms with Crippen LogP contribution >= 0.6 is 0 Å². The van der Waals surface area contributed by atoms with Crippen LogP contribution in [0.4, 0.5) is 4.39 Å². The molecular formula is C14H21FN2O2. The lowest BCUT2D eigenvalue weighted by Gasteiger charge is -2.27. The smallest absolute Gasteiger partial charge is 0.254 e. The number of rotatable bonds is 7. The number of hydrogen-bond donors (Lipinski definition) is 2. The second-order valence-electron chi connectivity index (χ2n) is 4.76. The normalized spacial score (nSPS) is 11.4. The van der Waals surface area contributed by atoms with E-state index < -0.39 is 17.3 Å². The van der Waals surface area contributed by atoms with Crippen LogP contribution in [-0.2, 0) is 0 Å². The van der Waals surface area contributed by atoms with Gasteiger partial charge in [0.1, 0.15) is 0 Å². The molecule has 4 nitrogen and oxygen atoms in total. The first-order valence-electron chi connectivity index (χ1n) is 6.62. The molecule has 0 spiro atoms. The second kappa shape index (κ2) is 7.19. The fourth-order valence-electron chi connectivity index (χ4n) is 2.13. The quantitative estimate of drug-likeness (QED) is 0.797. The molecule has 0 bridgehead atoms. The lowest BCUT2D eigenvalue weighted by atomic mass is 9.92. The predicted molar refractivity (Wildman–Crippen MR) is 71.3 cm³/mol. The van der Waals surface area contributed by atoms with E-state index in [1.54, 1.807) is 0 Å². The molecule has 1 aromatic rings. The molecule has 0 atom stereocenters. The summed E-state index contributed by atoms with van der Waals surface area (Å²) in [6.45, 7) is 4.09. The van der Waals surface area contributed by atoms with Gasteiger partial charge in [-0.25, -0.2) is 4.39 Å². The van der Waals surface area contributed by atoms with Gasteiger partial charge >= 0.3 is 0 Å². The van der Waals surface area contributed by atoms with Crippen LogP contribution in [0.3, 0.4) is 0 Å². The molecule has 0 unspecified atom stereocenters. The summed E-state index contributed by atoms with van der Waals surface area (Å²) >= 11 is 0. The monoisotopic (exact) mass is 268 g/mol. The molecule has 0 fully saturated rings. The first-order valence-corrected chi connectivity index (χ1v) is 6.62. The Hall–Kier alpha value is -1.49. The van der Waals surface area contributed by atoms with E-state index >= 15 is 0 Å². The van der Waals surface area contributed by atoms with Crippen LogP contribution in [0.1, 0.15) is 49.9 Å². The molecule has 0 saturated carbocycles. The third-order valence-corrected chi connectivity index (χ3v) is 3.03. The van der Waals surface area contributed by atoms with Gasteiger partial charge in [-0.2, -0.15) is 0 Å². The fourth-order valence-corrected chi connectivity index (χ4v) is 2.13. The number of nitrogens with one attached hydrogen (secondary N) is 1. The fraction of sp³-hybridized carbons (Fsp3) is 0.571. The van der Waals surface area contributed by atoms with E-state index in [9.17, 15) is 14.3 Å². The summed E-state index contributed by atoms with van der Waals surface area (Å²) in [5, 5.41) is 12.9. The molecule has 0 aromatic carbocycles. The van der Waals surface area contributed by atoms with Gasteiger partial charge in [0.2, 0.25) is 0 Å². The third-order valence-electron chi connectivity index (χ3n) is 3.03. The summed E-state index contributed by atoms with van der Waals surface area (Å²) in [7, 11) is 0. The largest absolute Gasteiger partial charge is 0.388 e. The maximum atomic E-state index is 13.4.